The van der Waals surface area contributed by atoms with E-state index in [1.807, 2.05) is 13.0 Å². The molecule has 0 heterocycles. The molecule has 1 aliphatic rings. The Labute approximate surface area is 106 Å². The molecule has 0 saturated carbocycles. The quantitative estimate of drug-likeness (QED) is 0.892. The number of benzene rings is 1. The molecule has 1 amide bonds. The molecular weight excluding hydrogens is 233 g/mol. The van der Waals surface area contributed by atoms with Crippen molar-refractivity contribution in [3.63, 3.8) is 0 Å². The molecule has 4 heteroatoms. The van der Waals surface area contributed by atoms with E-state index >= 15 is 0 Å². The first kappa shape index (κ1) is 13.0. The van der Waals surface area contributed by atoms with E-state index in [1.165, 1.54) is 6.07 Å². The van der Waals surface area contributed by atoms with Crippen molar-refractivity contribution in [2.75, 3.05) is 6.61 Å². The number of hydrogen-bond acceptors (Lipinski definition) is 2. The van der Waals surface area contributed by atoms with Gasteiger partial charge in [-0.3, -0.25) is 4.79 Å². The summed E-state index contributed by atoms with van der Waals surface area (Å²) in [5.41, 5.74) is 1.62. The summed E-state index contributed by atoms with van der Waals surface area (Å²) in [7, 11) is 0. The fourth-order valence-electron chi connectivity index (χ4n) is 2.37. The maximum Gasteiger partial charge on any atom is 0.249 e. The largest absolute Gasteiger partial charge is 0.369 e. The number of halogens is 1. The molecule has 3 nitrogen and oxygen atoms in total. The van der Waals surface area contributed by atoms with Gasteiger partial charge in [0.2, 0.25) is 5.91 Å². The van der Waals surface area contributed by atoms with Crippen LogP contribution in [0.2, 0.25) is 0 Å². The van der Waals surface area contributed by atoms with Crippen LogP contribution >= 0.6 is 0 Å². The zero-order valence-electron chi connectivity index (χ0n) is 10.7. The van der Waals surface area contributed by atoms with Gasteiger partial charge >= 0.3 is 0 Å². The molecule has 2 rings (SSSR count). The first-order chi connectivity index (χ1) is 8.63. The first-order valence-electron chi connectivity index (χ1n) is 6.32. The zero-order valence-corrected chi connectivity index (χ0v) is 10.7. The Balaban J connectivity index is 2.06. The molecule has 0 spiro atoms. The van der Waals surface area contributed by atoms with Gasteiger partial charge in [0.05, 0.1) is 6.04 Å². The van der Waals surface area contributed by atoms with Crippen LogP contribution in [0.15, 0.2) is 18.2 Å². The van der Waals surface area contributed by atoms with E-state index in [1.54, 1.807) is 13.0 Å². The molecule has 2 unspecified atom stereocenters. The van der Waals surface area contributed by atoms with Crippen molar-refractivity contribution < 1.29 is 13.9 Å². The second-order valence-electron chi connectivity index (χ2n) is 4.51. The number of fused-ring (bicyclic) bond motifs is 1. The minimum atomic E-state index is -0.465. The highest BCUT2D eigenvalue weighted by molar-refractivity contribution is 5.81. The fraction of sp³-hybridized carbons (Fsp3) is 0.500. The maximum atomic E-state index is 13.5. The number of rotatable bonds is 4. The fourth-order valence-corrected chi connectivity index (χ4v) is 2.37. The lowest BCUT2D eigenvalue weighted by Crippen LogP contribution is -2.36. The third-order valence-corrected chi connectivity index (χ3v) is 3.32. The summed E-state index contributed by atoms with van der Waals surface area (Å²) < 4.78 is 18.8. The molecule has 2 atom stereocenters. The number of hydrogen-bond donors (Lipinski definition) is 1. The van der Waals surface area contributed by atoms with E-state index in [0.29, 0.717) is 13.0 Å². The number of nitrogens with one attached hydrogen (secondary N) is 1. The smallest absolute Gasteiger partial charge is 0.249 e. The number of ether oxygens (including phenoxy) is 1. The van der Waals surface area contributed by atoms with Crippen LogP contribution in [0, 0.1) is 5.82 Å². The average Bonchev–Trinajstić information content (AvgIpc) is 2.74. The Morgan fingerprint density at radius 2 is 2.39 bits per heavy atom. The summed E-state index contributed by atoms with van der Waals surface area (Å²) in [6.07, 6.45) is 0.962. The number of amides is 1. The van der Waals surface area contributed by atoms with Crippen LogP contribution in [0.3, 0.4) is 0 Å². The predicted octanol–water partition coefficient (Wildman–Crippen LogP) is 2.35. The molecule has 1 aromatic carbocycles. The van der Waals surface area contributed by atoms with E-state index in [0.717, 1.165) is 17.5 Å². The number of carbonyl (C=O) groups excluding carboxylic acids is 1. The van der Waals surface area contributed by atoms with Crippen molar-refractivity contribution >= 4 is 5.91 Å². The van der Waals surface area contributed by atoms with Gasteiger partial charge in [-0.25, -0.2) is 4.39 Å². The van der Waals surface area contributed by atoms with Gasteiger partial charge in [-0.05, 0) is 43.9 Å². The lowest BCUT2D eigenvalue weighted by atomic mass is 10.1. The van der Waals surface area contributed by atoms with E-state index < -0.39 is 6.10 Å². The molecule has 1 N–H and O–H groups in total. The predicted molar refractivity (Wildman–Crippen MR) is 66.7 cm³/mol. The average molecular weight is 251 g/mol. The van der Waals surface area contributed by atoms with Gasteiger partial charge in [-0.1, -0.05) is 12.1 Å². The molecule has 0 radical (unpaired) electrons. The Morgan fingerprint density at radius 1 is 1.61 bits per heavy atom. The molecule has 0 aromatic heterocycles. The van der Waals surface area contributed by atoms with Crippen LogP contribution in [-0.2, 0) is 16.0 Å². The molecule has 18 heavy (non-hydrogen) atoms. The van der Waals surface area contributed by atoms with Crippen LogP contribution in [-0.4, -0.2) is 18.6 Å². The van der Waals surface area contributed by atoms with E-state index in [-0.39, 0.29) is 17.8 Å². The van der Waals surface area contributed by atoms with Crippen molar-refractivity contribution in [1.29, 1.82) is 0 Å². The van der Waals surface area contributed by atoms with Crippen LogP contribution in [0.25, 0.3) is 0 Å². The SMILES string of the molecule is CCOC(C)C(=O)NC1CCc2c(F)cccc21. The highest BCUT2D eigenvalue weighted by Gasteiger charge is 2.27. The Bertz CT molecular complexity index is 447. The summed E-state index contributed by atoms with van der Waals surface area (Å²) in [6, 6.07) is 4.93. The molecule has 0 aliphatic heterocycles. The van der Waals surface area contributed by atoms with Gasteiger partial charge in [0.15, 0.2) is 0 Å². The molecule has 1 aromatic rings. The van der Waals surface area contributed by atoms with Crippen molar-refractivity contribution in [2.24, 2.45) is 0 Å². The van der Waals surface area contributed by atoms with Crippen molar-refractivity contribution in [2.45, 2.75) is 38.8 Å². The molecule has 1 aliphatic carbocycles. The summed E-state index contributed by atoms with van der Waals surface area (Å²) in [4.78, 5) is 11.9. The van der Waals surface area contributed by atoms with Crippen LogP contribution in [0.5, 0.6) is 0 Å². The van der Waals surface area contributed by atoms with Gasteiger partial charge in [0.25, 0.3) is 0 Å². The minimum Gasteiger partial charge on any atom is -0.369 e. The van der Waals surface area contributed by atoms with Gasteiger partial charge in [0.1, 0.15) is 11.9 Å². The topological polar surface area (TPSA) is 38.3 Å². The second-order valence-corrected chi connectivity index (χ2v) is 4.51. The monoisotopic (exact) mass is 251 g/mol. The molecular formula is C14H18FNO2. The molecule has 0 saturated heterocycles. The Kier molecular flexibility index (Phi) is 3.97. The van der Waals surface area contributed by atoms with Crippen LogP contribution in [0.4, 0.5) is 4.39 Å². The third-order valence-electron chi connectivity index (χ3n) is 3.32. The molecule has 0 bridgehead atoms. The lowest BCUT2D eigenvalue weighted by Gasteiger charge is -2.17. The molecule has 0 fully saturated rings. The van der Waals surface area contributed by atoms with Gasteiger partial charge in [-0.2, -0.15) is 0 Å². The Hall–Kier alpha value is -1.42. The number of carbonyl (C=O) groups is 1. The van der Waals surface area contributed by atoms with Gasteiger partial charge in [0, 0.05) is 6.61 Å². The maximum absolute atomic E-state index is 13.5. The van der Waals surface area contributed by atoms with Gasteiger partial charge < -0.3 is 10.1 Å². The molecule has 98 valence electrons. The van der Waals surface area contributed by atoms with E-state index in [4.69, 9.17) is 4.74 Å². The normalized spacial score (nSPS) is 19.4. The highest BCUT2D eigenvalue weighted by atomic mass is 19.1. The summed E-state index contributed by atoms with van der Waals surface area (Å²) in [6.45, 7) is 4.08. The van der Waals surface area contributed by atoms with Crippen molar-refractivity contribution in [1.82, 2.24) is 5.32 Å². The summed E-state index contributed by atoms with van der Waals surface area (Å²) in [5.74, 6) is -0.318. The van der Waals surface area contributed by atoms with E-state index in [9.17, 15) is 9.18 Å². The van der Waals surface area contributed by atoms with Crippen molar-refractivity contribution in [3.8, 4) is 0 Å². The summed E-state index contributed by atoms with van der Waals surface area (Å²) in [5, 5.41) is 2.92. The van der Waals surface area contributed by atoms with Gasteiger partial charge in [-0.15, -0.1) is 0 Å². The lowest BCUT2D eigenvalue weighted by molar-refractivity contribution is -0.132. The van der Waals surface area contributed by atoms with Crippen molar-refractivity contribution in [3.05, 3.63) is 35.1 Å². The zero-order chi connectivity index (χ0) is 13.1. The Morgan fingerprint density at radius 3 is 3.11 bits per heavy atom. The second kappa shape index (κ2) is 5.48. The first-order valence-corrected chi connectivity index (χ1v) is 6.32. The minimum absolute atomic E-state index is 0.0916. The van der Waals surface area contributed by atoms with Crippen LogP contribution < -0.4 is 5.32 Å². The third kappa shape index (κ3) is 2.53. The summed E-state index contributed by atoms with van der Waals surface area (Å²) >= 11 is 0. The highest BCUT2D eigenvalue weighted by Crippen LogP contribution is 2.32. The standard InChI is InChI=1S/C14H18FNO2/c1-3-18-9(2)14(17)16-13-8-7-10-11(13)5-4-6-12(10)15/h4-6,9,13H,3,7-8H2,1-2H3,(H,16,17). The van der Waals surface area contributed by atoms with Crippen LogP contribution in [0.1, 0.15) is 37.4 Å². The van der Waals surface area contributed by atoms with E-state index in [2.05, 4.69) is 5.32 Å².